The molecule has 1 aromatic rings. The fourth-order valence-corrected chi connectivity index (χ4v) is 4.49. The third-order valence-electron chi connectivity index (χ3n) is 4.41. The number of rotatable bonds is 6. The zero-order valence-electron chi connectivity index (χ0n) is 12.8. The van der Waals surface area contributed by atoms with Gasteiger partial charge in [0.05, 0.1) is 14.2 Å². The zero-order chi connectivity index (χ0) is 15.2. The molecule has 0 aromatic heterocycles. The van der Waals surface area contributed by atoms with Crippen LogP contribution in [0.2, 0.25) is 0 Å². The molecule has 1 aliphatic rings. The van der Waals surface area contributed by atoms with Crippen LogP contribution in [0.3, 0.4) is 0 Å². The lowest BCUT2D eigenvalue weighted by atomic mass is 9.85. The van der Waals surface area contributed by atoms with E-state index in [9.17, 15) is 0 Å². The average molecular weight is 420 g/mol. The van der Waals surface area contributed by atoms with Crippen molar-refractivity contribution in [2.45, 2.75) is 49.8 Å². The molecular weight excluding hydrogens is 396 g/mol. The molecule has 0 aliphatic heterocycles. The first kappa shape index (κ1) is 17.1. The molecule has 1 saturated carbocycles. The molecule has 0 bridgehead atoms. The Morgan fingerprint density at radius 2 is 1.86 bits per heavy atom. The Hall–Kier alpha value is -0.220. The number of benzene rings is 1. The van der Waals surface area contributed by atoms with Crippen LogP contribution in [0.15, 0.2) is 16.6 Å². The largest absolute Gasteiger partial charge is 0.495 e. The van der Waals surface area contributed by atoms with Gasteiger partial charge in [-0.1, -0.05) is 54.1 Å². The van der Waals surface area contributed by atoms with Gasteiger partial charge in [0.1, 0.15) is 16.0 Å². The van der Waals surface area contributed by atoms with Crippen molar-refractivity contribution < 1.29 is 9.47 Å². The van der Waals surface area contributed by atoms with E-state index < -0.39 is 0 Å². The Bertz CT molecular complexity index is 456. The van der Waals surface area contributed by atoms with Gasteiger partial charge in [-0.05, 0) is 40.8 Å². The van der Waals surface area contributed by atoms with Crippen LogP contribution in [0.5, 0.6) is 11.5 Å². The Balaban J connectivity index is 2.04. The minimum Gasteiger partial charge on any atom is -0.495 e. The van der Waals surface area contributed by atoms with E-state index in [-0.39, 0.29) is 0 Å². The molecule has 0 spiro atoms. The second kappa shape index (κ2) is 8.42. The smallest absolute Gasteiger partial charge is 0.141 e. The molecule has 4 heteroatoms. The number of methoxy groups -OCH3 is 2. The van der Waals surface area contributed by atoms with Crippen LogP contribution < -0.4 is 9.47 Å². The van der Waals surface area contributed by atoms with E-state index in [4.69, 9.17) is 9.47 Å². The molecule has 1 aromatic carbocycles. The van der Waals surface area contributed by atoms with E-state index in [0.717, 1.165) is 28.3 Å². The lowest BCUT2D eigenvalue weighted by Crippen LogP contribution is -2.07. The Morgan fingerprint density at radius 3 is 2.48 bits per heavy atom. The van der Waals surface area contributed by atoms with Crippen LogP contribution in [0.25, 0.3) is 0 Å². The summed E-state index contributed by atoms with van der Waals surface area (Å²) in [5.74, 6) is 2.59. The molecule has 1 aliphatic carbocycles. The Kier molecular flexibility index (Phi) is 6.87. The Morgan fingerprint density at radius 1 is 1.14 bits per heavy atom. The molecule has 1 fully saturated rings. The predicted molar refractivity (Wildman–Crippen MR) is 94.7 cm³/mol. The number of alkyl halides is 1. The van der Waals surface area contributed by atoms with Crippen LogP contribution >= 0.6 is 31.9 Å². The molecule has 1 atom stereocenters. The third-order valence-corrected chi connectivity index (χ3v) is 6.11. The van der Waals surface area contributed by atoms with Crippen LogP contribution in [0.1, 0.15) is 55.3 Å². The minimum atomic E-state index is 0.330. The van der Waals surface area contributed by atoms with Gasteiger partial charge in [-0.3, -0.25) is 0 Å². The summed E-state index contributed by atoms with van der Waals surface area (Å²) in [6.45, 7) is 0. The van der Waals surface area contributed by atoms with Crippen molar-refractivity contribution in [3.05, 3.63) is 22.2 Å². The summed E-state index contributed by atoms with van der Waals surface area (Å²) in [7, 11) is 3.39. The second-order valence-electron chi connectivity index (χ2n) is 5.75. The van der Waals surface area contributed by atoms with Crippen molar-refractivity contribution in [1.29, 1.82) is 0 Å². The minimum absolute atomic E-state index is 0.330. The van der Waals surface area contributed by atoms with Crippen LogP contribution in [0, 0.1) is 5.92 Å². The topological polar surface area (TPSA) is 18.5 Å². The highest BCUT2D eigenvalue weighted by molar-refractivity contribution is 9.10. The predicted octanol–water partition coefficient (Wildman–Crippen LogP) is 6.26. The molecule has 21 heavy (non-hydrogen) atoms. The van der Waals surface area contributed by atoms with Gasteiger partial charge in [0.15, 0.2) is 0 Å². The zero-order valence-corrected chi connectivity index (χ0v) is 16.0. The first-order valence-corrected chi connectivity index (χ1v) is 9.42. The first-order valence-electron chi connectivity index (χ1n) is 7.71. The fraction of sp³-hybridized carbons (Fsp3) is 0.647. The van der Waals surface area contributed by atoms with Gasteiger partial charge in [-0.2, -0.15) is 0 Å². The van der Waals surface area contributed by atoms with Crippen molar-refractivity contribution in [2.75, 3.05) is 14.2 Å². The van der Waals surface area contributed by atoms with Gasteiger partial charge in [0.25, 0.3) is 0 Å². The summed E-state index contributed by atoms with van der Waals surface area (Å²) in [5, 5.41) is 0. The molecule has 0 saturated heterocycles. The van der Waals surface area contributed by atoms with E-state index in [1.165, 1.54) is 44.1 Å². The molecule has 0 radical (unpaired) electrons. The summed E-state index contributed by atoms with van der Waals surface area (Å²) >= 11 is 7.42. The van der Waals surface area contributed by atoms with Gasteiger partial charge in [0, 0.05) is 10.4 Å². The second-order valence-corrected chi connectivity index (χ2v) is 7.65. The molecule has 2 rings (SSSR count). The molecule has 1 unspecified atom stereocenters. The van der Waals surface area contributed by atoms with Crippen molar-refractivity contribution in [1.82, 2.24) is 0 Å². The van der Waals surface area contributed by atoms with Gasteiger partial charge >= 0.3 is 0 Å². The van der Waals surface area contributed by atoms with Crippen molar-refractivity contribution in [3.8, 4) is 11.5 Å². The van der Waals surface area contributed by atoms with Crippen molar-refractivity contribution in [2.24, 2.45) is 5.92 Å². The molecule has 118 valence electrons. The maximum absolute atomic E-state index is 5.57. The highest BCUT2D eigenvalue weighted by Crippen LogP contribution is 2.44. The van der Waals surface area contributed by atoms with Gasteiger partial charge in [-0.25, -0.2) is 0 Å². The summed E-state index contributed by atoms with van der Waals surface area (Å²) in [6, 6.07) is 4.10. The highest BCUT2D eigenvalue weighted by atomic mass is 79.9. The summed E-state index contributed by atoms with van der Waals surface area (Å²) in [4.78, 5) is 0.330. The van der Waals surface area contributed by atoms with Gasteiger partial charge in [-0.15, -0.1) is 0 Å². The van der Waals surface area contributed by atoms with Gasteiger partial charge in [0.2, 0.25) is 0 Å². The SMILES string of the molecule is COc1ccc(C(Br)CCC2CCCCC2)c(OC)c1Br. The quantitative estimate of drug-likeness (QED) is 0.506. The number of hydrogen-bond donors (Lipinski definition) is 0. The highest BCUT2D eigenvalue weighted by Gasteiger charge is 2.20. The first-order chi connectivity index (χ1) is 10.2. The molecule has 0 amide bonds. The maximum atomic E-state index is 5.57. The summed E-state index contributed by atoms with van der Waals surface area (Å²) < 4.78 is 11.8. The van der Waals surface area contributed by atoms with E-state index in [1.807, 2.05) is 6.07 Å². The normalized spacial score (nSPS) is 17.5. The lowest BCUT2D eigenvalue weighted by Gasteiger charge is -2.23. The van der Waals surface area contributed by atoms with Crippen molar-refractivity contribution in [3.63, 3.8) is 0 Å². The fourth-order valence-electron chi connectivity index (χ4n) is 3.18. The lowest BCUT2D eigenvalue weighted by molar-refractivity contribution is 0.331. The molecule has 0 heterocycles. The molecule has 0 N–H and O–H groups in total. The Labute approximate surface area is 144 Å². The molecular formula is C17H24Br2O2. The third kappa shape index (κ3) is 4.38. The maximum Gasteiger partial charge on any atom is 0.141 e. The van der Waals surface area contributed by atoms with E-state index in [1.54, 1.807) is 14.2 Å². The van der Waals surface area contributed by atoms with E-state index in [2.05, 4.69) is 37.9 Å². The van der Waals surface area contributed by atoms with Crippen molar-refractivity contribution >= 4 is 31.9 Å². The average Bonchev–Trinajstić information content (AvgIpc) is 2.53. The van der Waals surface area contributed by atoms with E-state index in [0.29, 0.717) is 4.83 Å². The molecule has 2 nitrogen and oxygen atoms in total. The monoisotopic (exact) mass is 418 g/mol. The number of ether oxygens (including phenoxy) is 2. The standard InChI is InChI=1S/C17H24Br2O2/c1-20-15-11-9-13(17(21-2)16(15)19)14(18)10-8-12-6-4-3-5-7-12/h9,11-12,14H,3-8,10H2,1-2H3. The summed E-state index contributed by atoms with van der Waals surface area (Å²) in [6.07, 6.45) is 9.51. The van der Waals surface area contributed by atoms with Crippen LogP contribution in [-0.4, -0.2) is 14.2 Å². The van der Waals surface area contributed by atoms with Crippen LogP contribution in [0.4, 0.5) is 0 Å². The van der Waals surface area contributed by atoms with Crippen LogP contribution in [-0.2, 0) is 0 Å². The number of hydrogen-bond acceptors (Lipinski definition) is 2. The summed E-state index contributed by atoms with van der Waals surface area (Å²) in [5.41, 5.74) is 1.20. The van der Waals surface area contributed by atoms with Gasteiger partial charge < -0.3 is 9.47 Å². The number of halogens is 2. The van der Waals surface area contributed by atoms with E-state index >= 15 is 0 Å².